The van der Waals surface area contributed by atoms with Crippen LogP contribution in [0.25, 0.3) is 0 Å². The SMILES string of the molecule is C[C@]12CCC(O)CC1=CC[C@@H]1[C@@H]2CC[C@@]2(C)[C@H]1CC[C@@]21O[C@H]1CO. The van der Waals surface area contributed by atoms with E-state index in [1.54, 1.807) is 5.57 Å². The molecule has 3 nitrogen and oxygen atoms in total. The summed E-state index contributed by atoms with van der Waals surface area (Å²) in [6.45, 7) is 5.14. The number of aliphatic hydroxyl groups is 2. The van der Waals surface area contributed by atoms with Crippen LogP contribution < -0.4 is 0 Å². The highest BCUT2D eigenvalue weighted by atomic mass is 16.6. The van der Waals surface area contributed by atoms with Gasteiger partial charge in [0.1, 0.15) is 11.7 Å². The van der Waals surface area contributed by atoms with Crippen molar-refractivity contribution in [1.29, 1.82) is 0 Å². The molecule has 2 N–H and O–H groups in total. The topological polar surface area (TPSA) is 53.0 Å². The molecule has 0 aromatic heterocycles. The number of ether oxygens (including phenoxy) is 1. The van der Waals surface area contributed by atoms with Gasteiger partial charge in [-0.3, -0.25) is 0 Å². The number of epoxide rings is 1. The Bertz CT molecular complexity index is 586. The Morgan fingerprint density at radius 1 is 1.12 bits per heavy atom. The fraction of sp³-hybridized carbons (Fsp3) is 0.905. The van der Waals surface area contributed by atoms with Gasteiger partial charge >= 0.3 is 0 Å². The third-order valence-corrected chi connectivity index (χ3v) is 9.24. The van der Waals surface area contributed by atoms with Gasteiger partial charge in [-0.1, -0.05) is 25.5 Å². The molecule has 0 amide bonds. The Kier molecular flexibility index (Phi) is 3.21. The van der Waals surface area contributed by atoms with Gasteiger partial charge in [0.15, 0.2) is 0 Å². The summed E-state index contributed by atoms with van der Waals surface area (Å²) in [4.78, 5) is 0. The van der Waals surface area contributed by atoms with E-state index in [-0.39, 0.29) is 29.8 Å². The third-order valence-electron chi connectivity index (χ3n) is 9.24. The van der Waals surface area contributed by atoms with Crippen molar-refractivity contribution in [2.75, 3.05) is 6.61 Å². The quantitative estimate of drug-likeness (QED) is 0.571. The first-order valence-electron chi connectivity index (χ1n) is 10.1. The molecule has 1 spiro atoms. The van der Waals surface area contributed by atoms with Crippen molar-refractivity contribution < 1.29 is 14.9 Å². The summed E-state index contributed by atoms with van der Waals surface area (Å²) in [6, 6.07) is 0. The van der Waals surface area contributed by atoms with Crippen molar-refractivity contribution in [1.82, 2.24) is 0 Å². The second-order valence-electron chi connectivity index (χ2n) is 9.83. The van der Waals surface area contributed by atoms with E-state index in [0.717, 1.165) is 43.4 Å². The molecule has 1 heterocycles. The summed E-state index contributed by atoms with van der Waals surface area (Å²) in [6.07, 6.45) is 11.7. The molecular weight excluding hydrogens is 300 g/mol. The molecule has 1 unspecified atom stereocenters. The lowest BCUT2D eigenvalue weighted by Gasteiger charge is -2.57. The molecular formula is C21H32O3. The van der Waals surface area contributed by atoms with Crippen LogP contribution in [0.15, 0.2) is 11.6 Å². The van der Waals surface area contributed by atoms with Crippen molar-refractivity contribution >= 4 is 0 Å². The maximum atomic E-state index is 10.1. The molecule has 1 saturated heterocycles. The molecule has 4 aliphatic carbocycles. The first-order chi connectivity index (χ1) is 11.4. The lowest BCUT2D eigenvalue weighted by atomic mass is 9.47. The Labute approximate surface area is 145 Å². The first-order valence-corrected chi connectivity index (χ1v) is 10.1. The lowest BCUT2D eigenvalue weighted by Crippen LogP contribution is -2.52. The first kappa shape index (κ1) is 15.8. The highest BCUT2D eigenvalue weighted by Gasteiger charge is 2.74. The third kappa shape index (κ3) is 1.74. The van der Waals surface area contributed by atoms with E-state index < -0.39 is 0 Å². The van der Waals surface area contributed by atoms with Crippen LogP contribution in [-0.4, -0.2) is 34.6 Å². The van der Waals surface area contributed by atoms with Crippen molar-refractivity contribution in [3.8, 4) is 0 Å². The van der Waals surface area contributed by atoms with Crippen molar-refractivity contribution in [3.05, 3.63) is 11.6 Å². The summed E-state index contributed by atoms with van der Waals surface area (Å²) in [5.74, 6) is 2.30. The normalized spacial score (nSPS) is 58.7. The number of hydrogen-bond donors (Lipinski definition) is 2. The maximum Gasteiger partial charge on any atom is 0.111 e. The molecule has 5 rings (SSSR count). The minimum absolute atomic E-state index is 0.00889. The molecule has 4 fully saturated rings. The molecule has 0 radical (unpaired) electrons. The highest BCUT2D eigenvalue weighted by Crippen LogP contribution is 2.72. The minimum Gasteiger partial charge on any atom is -0.394 e. The second kappa shape index (κ2) is 4.86. The van der Waals surface area contributed by atoms with Crippen LogP contribution in [0.4, 0.5) is 0 Å². The summed E-state index contributed by atoms with van der Waals surface area (Å²) in [7, 11) is 0. The number of fused-ring (bicyclic) bond motifs is 6. The molecule has 5 aliphatic rings. The Balaban J connectivity index is 1.47. The van der Waals surface area contributed by atoms with E-state index in [1.807, 2.05) is 0 Å². The molecule has 0 bridgehead atoms. The highest BCUT2D eigenvalue weighted by molar-refractivity contribution is 5.28. The molecule has 8 atom stereocenters. The van der Waals surface area contributed by atoms with Gasteiger partial charge in [-0.2, -0.15) is 0 Å². The number of hydrogen-bond acceptors (Lipinski definition) is 3. The van der Waals surface area contributed by atoms with Gasteiger partial charge in [-0.15, -0.1) is 0 Å². The zero-order chi connectivity index (χ0) is 16.7. The molecule has 0 aromatic carbocycles. The van der Waals surface area contributed by atoms with Crippen LogP contribution >= 0.6 is 0 Å². The number of allylic oxidation sites excluding steroid dienone is 1. The van der Waals surface area contributed by atoms with E-state index >= 15 is 0 Å². The largest absolute Gasteiger partial charge is 0.394 e. The molecule has 3 saturated carbocycles. The predicted octanol–water partition coefficient (Wildman–Crippen LogP) is 3.44. The average Bonchev–Trinajstić information content (AvgIpc) is 3.21. The summed E-state index contributed by atoms with van der Waals surface area (Å²) >= 11 is 0. The zero-order valence-electron chi connectivity index (χ0n) is 15.1. The van der Waals surface area contributed by atoms with E-state index in [9.17, 15) is 10.2 Å². The van der Waals surface area contributed by atoms with Gasteiger partial charge in [-0.05, 0) is 74.5 Å². The van der Waals surface area contributed by atoms with E-state index in [0.29, 0.717) is 5.41 Å². The van der Waals surface area contributed by atoms with E-state index in [1.165, 1.54) is 25.7 Å². The van der Waals surface area contributed by atoms with Gasteiger partial charge < -0.3 is 14.9 Å². The Morgan fingerprint density at radius 3 is 2.67 bits per heavy atom. The second-order valence-corrected chi connectivity index (χ2v) is 9.83. The van der Waals surface area contributed by atoms with Crippen molar-refractivity contribution in [3.63, 3.8) is 0 Å². The fourth-order valence-corrected chi connectivity index (χ4v) is 7.80. The Hall–Kier alpha value is -0.380. The van der Waals surface area contributed by atoms with Crippen LogP contribution in [0.1, 0.15) is 65.2 Å². The van der Waals surface area contributed by atoms with Crippen LogP contribution in [0, 0.1) is 28.6 Å². The van der Waals surface area contributed by atoms with Crippen LogP contribution in [-0.2, 0) is 4.74 Å². The molecule has 1 aliphatic heterocycles. The number of aliphatic hydroxyl groups excluding tert-OH is 2. The van der Waals surface area contributed by atoms with E-state index in [4.69, 9.17) is 4.74 Å². The van der Waals surface area contributed by atoms with Gasteiger partial charge in [-0.25, -0.2) is 0 Å². The van der Waals surface area contributed by atoms with E-state index in [2.05, 4.69) is 19.9 Å². The van der Waals surface area contributed by atoms with Crippen LogP contribution in [0.5, 0.6) is 0 Å². The van der Waals surface area contributed by atoms with Crippen molar-refractivity contribution in [2.45, 2.75) is 83.0 Å². The van der Waals surface area contributed by atoms with Gasteiger partial charge in [0.25, 0.3) is 0 Å². The summed E-state index contributed by atoms with van der Waals surface area (Å²) in [5, 5.41) is 19.7. The predicted molar refractivity (Wildman–Crippen MR) is 92.4 cm³/mol. The average molecular weight is 332 g/mol. The zero-order valence-corrected chi connectivity index (χ0v) is 15.1. The molecule has 24 heavy (non-hydrogen) atoms. The Morgan fingerprint density at radius 2 is 1.92 bits per heavy atom. The minimum atomic E-state index is -0.116. The molecule has 3 heteroatoms. The van der Waals surface area contributed by atoms with Gasteiger partial charge in [0.05, 0.1) is 12.7 Å². The molecule has 0 aromatic rings. The molecule has 134 valence electrons. The smallest absolute Gasteiger partial charge is 0.111 e. The number of rotatable bonds is 1. The monoisotopic (exact) mass is 332 g/mol. The standard InChI is InChI=1S/C21H32O3/c1-19-8-5-14(23)11-13(19)3-4-15-16(19)6-9-20(2)17(15)7-10-21(20)18(12-22)24-21/h3,14-18,22-23H,4-12H2,1-2H3/t14?,15-,16+,17+,18+,19+,20+,21+/m1/s1. The summed E-state index contributed by atoms with van der Waals surface area (Å²) < 4.78 is 6.11. The van der Waals surface area contributed by atoms with Crippen LogP contribution in [0.3, 0.4) is 0 Å². The van der Waals surface area contributed by atoms with Crippen LogP contribution in [0.2, 0.25) is 0 Å². The van der Waals surface area contributed by atoms with Gasteiger partial charge in [0.2, 0.25) is 0 Å². The van der Waals surface area contributed by atoms with Gasteiger partial charge in [0, 0.05) is 5.41 Å². The fourth-order valence-electron chi connectivity index (χ4n) is 7.80. The summed E-state index contributed by atoms with van der Waals surface area (Å²) in [5.41, 5.74) is 2.12. The van der Waals surface area contributed by atoms with Crippen molar-refractivity contribution in [2.24, 2.45) is 28.6 Å². The maximum absolute atomic E-state index is 10.1. The lowest BCUT2D eigenvalue weighted by molar-refractivity contribution is -0.0558.